The molecule has 0 aromatic carbocycles. The highest BCUT2D eigenvalue weighted by Crippen LogP contribution is 2.18. The Morgan fingerprint density at radius 3 is 2.92 bits per heavy atom. The summed E-state index contributed by atoms with van der Waals surface area (Å²) in [6, 6.07) is 2.98. The van der Waals surface area contributed by atoms with Crippen molar-refractivity contribution in [3.05, 3.63) is 31.6 Å². The highest BCUT2D eigenvalue weighted by Gasteiger charge is 2.13. The summed E-state index contributed by atoms with van der Waals surface area (Å²) in [6.07, 6.45) is 1.30. The van der Waals surface area contributed by atoms with E-state index in [1.807, 2.05) is 0 Å². The molecule has 0 saturated carbocycles. The molecule has 0 atom stereocenters. The predicted molar refractivity (Wildman–Crippen MR) is 48.3 cm³/mol. The van der Waals surface area contributed by atoms with E-state index in [1.54, 1.807) is 28.7 Å². The van der Waals surface area contributed by atoms with Crippen LogP contribution in [0.25, 0.3) is 0 Å². The molecule has 5 nitrogen and oxygen atoms in total. The van der Waals surface area contributed by atoms with Gasteiger partial charge < -0.3 is 0 Å². The van der Waals surface area contributed by atoms with Crippen LogP contribution in [0.15, 0.2) is 12.3 Å². The first-order chi connectivity index (χ1) is 5.65. The van der Waals surface area contributed by atoms with Crippen molar-refractivity contribution in [2.24, 2.45) is 0 Å². The van der Waals surface area contributed by atoms with Gasteiger partial charge in [-0.3, -0.25) is 10.1 Å². The highest BCUT2D eigenvalue weighted by atomic mass is 127. The summed E-state index contributed by atoms with van der Waals surface area (Å²) in [5, 5.41) is 18.8. The summed E-state index contributed by atoms with van der Waals surface area (Å²) in [5.74, 6) is 0. The van der Waals surface area contributed by atoms with Crippen LogP contribution in [0.4, 0.5) is 5.69 Å². The van der Waals surface area contributed by atoms with E-state index in [9.17, 15) is 10.1 Å². The number of aromatic nitrogens is 1. The average Bonchev–Trinajstić information content (AvgIpc) is 2.05. The predicted octanol–water partition coefficient (Wildman–Crippen LogP) is 1.47. The number of pyridine rings is 1. The number of nitrogens with zero attached hydrogens (tertiary/aromatic N) is 3. The van der Waals surface area contributed by atoms with Crippen molar-refractivity contribution in [1.82, 2.24) is 4.98 Å². The zero-order valence-electron chi connectivity index (χ0n) is 5.69. The van der Waals surface area contributed by atoms with Crippen LogP contribution in [0.3, 0.4) is 0 Å². The number of nitriles is 1. The van der Waals surface area contributed by atoms with Gasteiger partial charge in [-0.25, -0.2) is 4.98 Å². The molecule has 0 spiro atoms. The number of hydrogen-bond acceptors (Lipinski definition) is 4. The summed E-state index contributed by atoms with van der Waals surface area (Å²) < 4.78 is 0.289. The van der Waals surface area contributed by atoms with Gasteiger partial charge in [0.05, 0.1) is 10.5 Å². The van der Waals surface area contributed by atoms with Crippen molar-refractivity contribution >= 4 is 28.3 Å². The Hall–Kier alpha value is -1.23. The van der Waals surface area contributed by atoms with E-state index in [1.165, 1.54) is 12.3 Å². The van der Waals surface area contributed by atoms with Crippen molar-refractivity contribution in [1.29, 1.82) is 5.26 Å². The van der Waals surface area contributed by atoms with Crippen molar-refractivity contribution in [3.63, 3.8) is 0 Å². The number of halogens is 1. The van der Waals surface area contributed by atoms with Gasteiger partial charge in [0.1, 0.15) is 6.07 Å². The maximum atomic E-state index is 10.3. The first-order valence-electron chi connectivity index (χ1n) is 2.85. The monoisotopic (exact) mass is 275 g/mol. The molecule has 0 aliphatic heterocycles. The van der Waals surface area contributed by atoms with Crippen LogP contribution in [0, 0.1) is 25.1 Å². The van der Waals surface area contributed by atoms with Crippen LogP contribution in [-0.4, -0.2) is 9.91 Å². The lowest BCUT2D eigenvalue weighted by molar-refractivity contribution is -0.386. The Kier molecular flexibility index (Phi) is 2.54. The Morgan fingerprint density at radius 2 is 2.42 bits per heavy atom. The van der Waals surface area contributed by atoms with Crippen LogP contribution in [0.1, 0.15) is 5.56 Å². The van der Waals surface area contributed by atoms with Crippen molar-refractivity contribution in [3.8, 4) is 6.07 Å². The van der Waals surface area contributed by atoms with Gasteiger partial charge in [-0.1, -0.05) is 0 Å². The van der Waals surface area contributed by atoms with E-state index in [4.69, 9.17) is 5.26 Å². The molecule has 0 radical (unpaired) electrons. The SMILES string of the molecule is N#Cc1cnc(I)c([N+](=O)[O-])c1. The van der Waals surface area contributed by atoms with Crippen LogP contribution >= 0.6 is 22.6 Å². The second kappa shape index (κ2) is 3.44. The molecular formula is C6H2IN3O2. The molecule has 0 saturated heterocycles. The second-order valence-corrected chi connectivity index (χ2v) is 2.92. The lowest BCUT2D eigenvalue weighted by atomic mass is 10.3. The van der Waals surface area contributed by atoms with Gasteiger partial charge >= 0.3 is 5.69 Å². The van der Waals surface area contributed by atoms with E-state index in [2.05, 4.69) is 4.98 Å². The number of hydrogen-bond donors (Lipinski definition) is 0. The molecule has 12 heavy (non-hydrogen) atoms. The summed E-state index contributed by atoms with van der Waals surface area (Å²) >= 11 is 1.75. The maximum Gasteiger partial charge on any atom is 0.302 e. The Bertz CT molecular complexity index is 372. The normalized spacial score (nSPS) is 9.00. The molecule has 6 heteroatoms. The number of rotatable bonds is 1. The van der Waals surface area contributed by atoms with Gasteiger partial charge in [-0.05, 0) is 22.6 Å². The molecule has 1 aromatic rings. The third kappa shape index (κ3) is 1.68. The zero-order valence-corrected chi connectivity index (χ0v) is 7.85. The molecule has 0 aliphatic carbocycles. The minimum absolute atomic E-state index is 0.130. The van der Waals surface area contributed by atoms with E-state index in [-0.39, 0.29) is 15.0 Å². The molecule has 60 valence electrons. The Balaban J connectivity index is 3.28. The second-order valence-electron chi connectivity index (χ2n) is 1.90. The van der Waals surface area contributed by atoms with Gasteiger partial charge in [0.25, 0.3) is 0 Å². The van der Waals surface area contributed by atoms with E-state index in [0.29, 0.717) is 0 Å². The van der Waals surface area contributed by atoms with Crippen LogP contribution < -0.4 is 0 Å². The van der Waals surface area contributed by atoms with E-state index in [0.717, 1.165) is 0 Å². The van der Waals surface area contributed by atoms with E-state index >= 15 is 0 Å². The third-order valence-electron chi connectivity index (χ3n) is 1.15. The zero-order chi connectivity index (χ0) is 9.14. The standard InChI is InChI=1S/C6H2IN3O2/c7-6-5(10(11)12)1-4(2-8)3-9-6/h1,3H. The summed E-state index contributed by atoms with van der Waals surface area (Å²) in [6.45, 7) is 0. The lowest BCUT2D eigenvalue weighted by Crippen LogP contribution is -1.94. The Labute approximate surface area is 81.3 Å². The van der Waals surface area contributed by atoms with Crippen LogP contribution in [0.5, 0.6) is 0 Å². The smallest absolute Gasteiger partial charge is 0.258 e. The quantitative estimate of drug-likeness (QED) is 0.336. The maximum absolute atomic E-state index is 10.3. The van der Waals surface area contributed by atoms with Crippen molar-refractivity contribution < 1.29 is 4.92 Å². The molecular weight excluding hydrogens is 273 g/mol. The van der Waals surface area contributed by atoms with Gasteiger partial charge in [0.2, 0.25) is 0 Å². The minimum Gasteiger partial charge on any atom is -0.258 e. The highest BCUT2D eigenvalue weighted by molar-refractivity contribution is 14.1. The average molecular weight is 275 g/mol. The topological polar surface area (TPSA) is 79.8 Å². The molecule has 1 heterocycles. The molecule has 0 aliphatic rings. The molecule has 0 N–H and O–H groups in total. The third-order valence-corrected chi connectivity index (χ3v) is 1.98. The van der Waals surface area contributed by atoms with Gasteiger partial charge in [0, 0.05) is 12.3 Å². The fourth-order valence-corrected chi connectivity index (χ4v) is 1.12. The number of nitro groups is 1. The fourth-order valence-electron chi connectivity index (χ4n) is 0.626. The minimum atomic E-state index is -0.560. The van der Waals surface area contributed by atoms with Gasteiger partial charge in [0.15, 0.2) is 3.70 Å². The van der Waals surface area contributed by atoms with Crippen LogP contribution in [-0.2, 0) is 0 Å². The van der Waals surface area contributed by atoms with Crippen molar-refractivity contribution in [2.75, 3.05) is 0 Å². The fraction of sp³-hybridized carbons (Fsp3) is 0. The summed E-state index contributed by atoms with van der Waals surface area (Å²) in [4.78, 5) is 13.5. The van der Waals surface area contributed by atoms with Crippen LogP contribution in [0.2, 0.25) is 0 Å². The Morgan fingerprint density at radius 1 is 1.75 bits per heavy atom. The van der Waals surface area contributed by atoms with Gasteiger partial charge in [-0.15, -0.1) is 0 Å². The summed E-state index contributed by atoms with van der Waals surface area (Å²) in [7, 11) is 0. The first kappa shape index (κ1) is 8.86. The lowest BCUT2D eigenvalue weighted by Gasteiger charge is -1.93. The molecule has 1 aromatic heterocycles. The summed E-state index contributed by atoms with van der Waals surface area (Å²) in [5.41, 5.74) is 0.0665. The molecule has 0 fully saturated rings. The largest absolute Gasteiger partial charge is 0.302 e. The molecule has 0 bridgehead atoms. The van der Waals surface area contributed by atoms with E-state index < -0.39 is 4.92 Å². The first-order valence-corrected chi connectivity index (χ1v) is 3.93. The van der Waals surface area contributed by atoms with Gasteiger partial charge in [-0.2, -0.15) is 5.26 Å². The molecule has 1 rings (SSSR count). The van der Waals surface area contributed by atoms with Crippen molar-refractivity contribution in [2.45, 2.75) is 0 Å². The molecule has 0 amide bonds. The molecule has 0 unspecified atom stereocenters.